The highest BCUT2D eigenvalue weighted by Crippen LogP contribution is 2.28. The highest BCUT2D eigenvalue weighted by atomic mass is 16.3. The average Bonchev–Trinajstić information content (AvgIpc) is 2.82. The number of nitrogens with one attached hydrogen (secondary N) is 1. The molecule has 1 atom stereocenters. The van der Waals surface area contributed by atoms with Crippen molar-refractivity contribution in [2.45, 2.75) is 38.7 Å². The van der Waals surface area contributed by atoms with Crippen molar-refractivity contribution in [1.82, 2.24) is 9.97 Å². The Bertz CT molecular complexity index is 596. The van der Waals surface area contributed by atoms with Gasteiger partial charge < -0.3 is 10.1 Å². The fraction of sp³-hybridized carbons (Fsp3) is 0.400. The minimum absolute atomic E-state index is 0.547. The summed E-state index contributed by atoms with van der Waals surface area (Å²) in [6, 6.07) is 6.31. The van der Waals surface area contributed by atoms with Crippen LogP contribution in [0.1, 0.15) is 50.1 Å². The molecule has 3 heteroatoms. The van der Waals surface area contributed by atoms with Crippen molar-refractivity contribution in [3.63, 3.8) is 0 Å². The molecule has 0 radical (unpaired) electrons. The van der Waals surface area contributed by atoms with E-state index in [0.29, 0.717) is 5.82 Å². The van der Waals surface area contributed by atoms with Gasteiger partial charge in [-0.3, -0.25) is 0 Å². The zero-order valence-corrected chi connectivity index (χ0v) is 10.6. The second-order valence-electron chi connectivity index (χ2n) is 5.01. The number of H-pyrrole nitrogens is 1. The summed E-state index contributed by atoms with van der Waals surface area (Å²) in [4.78, 5) is 7.56. The first-order valence-corrected chi connectivity index (χ1v) is 6.61. The Morgan fingerprint density at radius 1 is 1.33 bits per heavy atom. The predicted molar refractivity (Wildman–Crippen MR) is 73.2 cm³/mol. The lowest BCUT2D eigenvalue weighted by Gasteiger charge is -2.12. The summed E-state index contributed by atoms with van der Waals surface area (Å²) in [5.74, 6) is 0.639. The number of imidazole rings is 1. The summed E-state index contributed by atoms with van der Waals surface area (Å²) in [7, 11) is 0. The van der Waals surface area contributed by atoms with E-state index in [2.05, 4.69) is 28.2 Å². The van der Waals surface area contributed by atoms with E-state index < -0.39 is 6.10 Å². The Morgan fingerprint density at radius 2 is 2.22 bits per heavy atom. The van der Waals surface area contributed by atoms with Crippen LogP contribution in [0.3, 0.4) is 0 Å². The number of nitrogens with zero attached hydrogens (tertiary/aromatic N) is 1. The molecule has 3 rings (SSSR count). The molecule has 3 nitrogen and oxygen atoms in total. The maximum atomic E-state index is 9.54. The van der Waals surface area contributed by atoms with Crippen LogP contribution in [0.25, 0.3) is 16.6 Å². The molecule has 18 heavy (non-hydrogen) atoms. The van der Waals surface area contributed by atoms with Gasteiger partial charge in [0.25, 0.3) is 0 Å². The molecule has 0 bridgehead atoms. The maximum Gasteiger partial charge on any atom is 0.135 e. The summed E-state index contributed by atoms with van der Waals surface area (Å²) >= 11 is 0. The number of aliphatic hydroxyl groups excluding tert-OH is 1. The fourth-order valence-corrected chi connectivity index (χ4v) is 2.53. The number of hydrogen-bond acceptors (Lipinski definition) is 2. The van der Waals surface area contributed by atoms with E-state index in [1.165, 1.54) is 36.8 Å². The van der Waals surface area contributed by atoms with E-state index in [1.54, 1.807) is 6.92 Å². The maximum absolute atomic E-state index is 9.54. The molecule has 1 aliphatic rings. The van der Waals surface area contributed by atoms with E-state index in [0.717, 1.165) is 11.0 Å². The van der Waals surface area contributed by atoms with Crippen molar-refractivity contribution in [2.75, 3.05) is 0 Å². The number of aromatic amines is 1. The first-order chi connectivity index (χ1) is 8.74. The molecule has 2 N–H and O–H groups in total. The van der Waals surface area contributed by atoms with Gasteiger partial charge in [0.1, 0.15) is 11.9 Å². The van der Waals surface area contributed by atoms with Gasteiger partial charge in [-0.15, -0.1) is 0 Å². The second kappa shape index (κ2) is 4.58. The molecule has 0 spiro atoms. The molecule has 0 aliphatic heterocycles. The molecule has 0 unspecified atom stereocenters. The number of hydrogen-bond donors (Lipinski definition) is 2. The van der Waals surface area contributed by atoms with Crippen molar-refractivity contribution in [3.05, 3.63) is 35.7 Å². The van der Waals surface area contributed by atoms with Crippen LogP contribution >= 0.6 is 0 Å². The van der Waals surface area contributed by atoms with Crippen molar-refractivity contribution in [3.8, 4) is 0 Å². The van der Waals surface area contributed by atoms with Crippen LogP contribution in [0.5, 0.6) is 0 Å². The summed E-state index contributed by atoms with van der Waals surface area (Å²) in [6.45, 7) is 1.72. The summed E-state index contributed by atoms with van der Waals surface area (Å²) in [5, 5.41) is 9.54. The van der Waals surface area contributed by atoms with Crippen LogP contribution < -0.4 is 0 Å². The van der Waals surface area contributed by atoms with Crippen LogP contribution in [0.4, 0.5) is 0 Å². The smallest absolute Gasteiger partial charge is 0.135 e. The Kier molecular flexibility index (Phi) is 2.92. The molecular weight excluding hydrogens is 224 g/mol. The number of allylic oxidation sites excluding steroid dienone is 2. The van der Waals surface area contributed by atoms with Crippen molar-refractivity contribution >= 4 is 16.6 Å². The quantitative estimate of drug-likeness (QED) is 0.845. The Labute approximate surface area is 107 Å². The molecule has 94 valence electrons. The molecular formula is C15H18N2O. The van der Waals surface area contributed by atoms with Gasteiger partial charge in [-0.25, -0.2) is 4.98 Å². The Hall–Kier alpha value is -1.61. The zero-order chi connectivity index (χ0) is 12.5. The summed E-state index contributed by atoms with van der Waals surface area (Å²) in [6.07, 6.45) is 6.75. The van der Waals surface area contributed by atoms with Crippen LogP contribution in [0, 0.1) is 0 Å². The number of rotatable bonds is 2. The minimum atomic E-state index is -0.547. The third-order valence-electron chi connectivity index (χ3n) is 3.56. The van der Waals surface area contributed by atoms with Gasteiger partial charge in [-0.05, 0) is 55.9 Å². The van der Waals surface area contributed by atoms with Crippen molar-refractivity contribution in [1.29, 1.82) is 0 Å². The van der Waals surface area contributed by atoms with Crippen LogP contribution in [0.2, 0.25) is 0 Å². The topological polar surface area (TPSA) is 48.9 Å². The molecule has 1 heterocycles. The van der Waals surface area contributed by atoms with Crippen LogP contribution in [-0.2, 0) is 0 Å². The first-order valence-electron chi connectivity index (χ1n) is 6.61. The average molecular weight is 242 g/mol. The van der Waals surface area contributed by atoms with Gasteiger partial charge in [0.05, 0.1) is 11.0 Å². The molecule has 1 aromatic carbocycles. The lowest BCUT2D eigenvalue weighted by atomic mass is 9.93. The SMILES string of the molecule is C[C@H](O)c1nc2ccc(C3=CCCCC3)cc2[nH]1. The Balaban J connectivity index is 2.02. The highest BCUT2D eigenvalue weighted by Gasteiger charge is 2.10. The van der Waals surface area contributed by atoms with Crippen molar-refractivity contribution in [2.24, 2.45) is 0 Å². The standard InChI is InChI=1S/C15H18N2O/c1-10(18)15-16-13-8-7-12(9-14(13)17-15)11-5-3-2-4-6-11/h5,7-10,18H,2-4,6H2,1H3,(H,16,17)/t10-/m0/s1. The van der Waals surface area contributed by atoms with E-state index in [-0.39, 0.29) is 0 Å². The van der Waals surface area contributed by atoms with Gasteiger partial charge in [0, 0.05) is 0 Å². The molecule has 0 saturated heterocycles. The first kappa shape index (κ1) is 11.5. The zero-order valence-electron chi connectivity index (χ0n) is 10.6. The van der Waals surface area contributed by atoms with Gasteiger partial charge in [0.2, 0.25) is 0 Å². The van der Waals surface area contributed by atoms with E-state index >= 15 is 0 Å². The molecule has 0 amide bonds. The van der Waals surface area contributed by atoms with E-state index in [4.69, 9.17) is 0 Å². The summed E-state index contributed by atoms with van der Waals surface area (Å²) < 4.78 is 0. The van der Waals surface area contributed by atoms with Crippen molar-refractivity contribution < 1.29 is 5.11 Å². The van der Waals surface area contributed by atoms with Gasteiger partial charge >= 0.3 is 0 Å². The van der Waals surface area contributed by atoms with Gasteiger partial charge in [0.15, 0.2) is 0 Å². The molecule has 1 aliphatic carbocycles. The largest absolute Gasteiger partial charge is 0.385 e. The highest BCUT2D eigenvalue weighted by molar-refractivity contribution is 5.81. The van der Waals surface area contributed by atoms with E-state index in [1.807, 2.05) is 6.07 Å². The third-order valence-corrected chi connectivity index (χ3v) is 3.56. The fourth-order valence-electron chi connectivity index (χ4n) is 2.53. The molecule has 0 saturated carbocycles. The lowest BCUT2D eigenvalue weighted by Crippen LogP contribution is -1.92. The normalized spacial score (nSPS) is 17.8. The van der Waals surface area contributed by atoms with Gasteiger partial charge in [-0.1, -0.05) is 12.1 Å². The summed E-state index contributed by atoms with van der Waals surface area (Å²) in [5.41, 5.74) is 4.65. The van der Waals surface area contributed by atoms with Crippen LogP contribution in [-0.4, -0.2) is 15.1 Å². The minimum Gasteiger partial charge on any atom is -0.385 e. The monoisotopic (exact) mass is 242 g/mol. The number of benzene rings is 1. The number of fused-ring (bicyclic) bond motifs is 1. The van der Waals surface area contributed by atoms with E-state index in [9.17, 15) is 5.11 Å². The third kappa shape index (κ3) is 2.06. The number of aliphatic hydroxyl groups is 1. The predicted octanol–water partition coefficient (Wildman–Crippen LogP) is 3.57. The second-order valence-corrected chi connectivity index (χ2v) is 5.01. The molecule has 1 aromatic heterocycles. The van der Waals surface area contributed by atoms with Gasteiger partial charge in [-0.2, -0.15) is 0 Å². The molecule has 2 aromatic rings. The lowest BCUT2D eigenvalue weighted by molar-refractivity contribution is 0.190. The molecule has 0 fully saturated rings. The van der Waals surface area contributed by atoms with Crippen LogP contribution in [0.15, 0.2) is 24.3 Å². The number of aromatic nitrogens is 2. The Morgan fingerprint density at radius 3 is 2.94 bits per heavy atom.